The van der Waals surface area contributed by atoms with Crippen LogP contribution in [0.2, 0.25) is 0 Å². The van der Waals surface area contributed by atoms with Gasteiger partial charge in [-0.2, -0.15) is 0 Å². The first kappa shape index (κ1) is 16.8. The molecule has 1 aliphatic rings. The van der Waals surface area contributed by atoms with Crippen molar-refractivity contribution in [2.24, 2.45) is 0 Å². The summed E-state index contributed by atoms with van der Waals surface area (Å²) in [6.07, 6.45) is 1.17. The molecule has 1 aliphatic heterocycles. The molecule has 3 aromatic rings. The lowest BCUT2D eigenvalue weighted by atomic mass is 10.0. The van der Waals surface area contributed by atoms with Crippen LogP contribution in [0.25, 0.3) is 0 Å². The second kappa shape index (κ2) is 7.31. The number of benzene rings is 3. The topological polar surface area (TPSA) is 0 Å². The molecule has 25 heavy (non-hydrogen) atoms. The molecule has 126 valence electrons. The summed E-state index contributed by atoms with van der Waals surface area (Å²) >= 11 is 4.03. The molecular formula is C23H22S2. The Morgan fingerprint density at radius 1 is 0.840 bits per heavy atom. The molecule has 0 unspecified atom stereocenters. The van der Waals surface area contributed by atoms with Gasteiger partial charge in [-0.15, -0.1) is 23.5 Å². The summed E-state index contributed by atoms with van der Waals surface area (Å²) < 4.78 is 0. The molecule has 2 heteroatoms. The normalized spacial score (nSPS) is 19.4. The molecular weight excluding hydrogens is 340 g/mol. The lowest BCUT2D eigenvalue weighted by molar-refractivity contribution is 0.754. The van der Waals surface area contributed by atoms with Gasteiger partial charge < -0.3 is 0 Å². The summed E-state index contributed by atoms with van der Waals surface area (Å²) in [5, 5.41) is 1.03. The number of thioether (sulfide) groups is 2. The number of hydrogen-bond acceptors (Lipinski definition) is 2. The molecule has 0 saturated carbocycles. The molecule has 0 nitrogen and oxygen atoms in total. The predicted molar refractivity (Wildman–Crippen MR) is 111 cm³/mol. The molecule has 0 fully saturated rings. The minimum absolute atomic E-state index is 0.504. The maximum atomic E-state index is 2.38. The fraction of sp³-hybridized carbons (Fsp3) is 0.217. The van der Waals surface area contributed by atoms with E-state index in [0.717, 1.165) is 0 Å². The lowest BCUT2D eigenvalue weighted by Crippen LogP contribution is -2.09. The van der Waals surface area contributed by atoms with Gasteiger partial charge in [0.25, 0.3) is 0 Å². The van der Waals surface area contributed by atoms with Crippen LogP contribution >= 0.6 is 23.5 Å². The Kier molecular flexibility index (Phi) is 4.91. The minimum Gasteiger partial charge on any atom is -0.118 e. The van der Waals surface area contributed by atoms with Gasteiger partial charge in [0.1, 0.15) is 0 Å². The maximum Gasteiger partial charge on any atom is 0.0369 e. The van der Waals surface area contributed by atoms with Crippen LogP contribution in [-0.4, -0.2) is 0 Å². The van der Waals surface area contributed by atoms with Gasteiger partial charge in [0, 0.05) is 20.3 Å². The number of aryl methyl sites for hydroxylation is 2. The van der Waals surface area contributed by atoms with Crippen molar-refractivity contribution in [3.05, 3.63) is 95.1 Å². The van der Waals surface area contributed by atoms with Gasteiger partial charge in [0.15, 0.2) is 0 Å². The standard InChI is InChI=1S/C23H22S2/c1-16-8-11-19(12-9-16)24-23-15-22(18-6-4-3-5-7-18)25-21-13-10-17(2)14-20(21)23/h3-14,22-23H,15H2,1-2H3/t22-,23+/m0/s1. The van der Waals surface area contributed by atoms with E-state index in [2.05, 4.69) is 86.6 Å². The molecule has 4 rings (SSSR count). The Hall–Kier alpha value is -1.64. The largest absolute Gasteiger partial charge is 0.118 e. The highest BCUT2D eigenvalue weighted by atomic mass is 32.2. The molecule has 0 saturated heterocycles. The Bertz CT molecular complexity index is 853. The van der Waals surface area contributed by atoms with Crippen LogP contribution in [-0.2, 0) is 0 Å². The van der Waals surface area contributed by atoms with E-state index < -0.39 is 0 Å². The highest BCUT2D eigenvalue weighted by Gasteiger charge is 2.29. The van der Waals surface area contributed by atoms with Gasteiger partial charge in [-0.05, 0) is 49.6 Å². The average Bonchev–Trinajstić information content (AvgIpc) is 2.64. The van der Waals surface area contributed by atoms with Crippen LogP contribution < -0.4 is 0 Å². The summed E-state index contributed by atoms with van der Waals surface area (Å²) in [4.78, 5) is 2.80. The van der Waals surface area contributed by atoms with Crippen LogP contribution in [0.4, 0.5) is 0 Å². The average molecular weight is 363 g/mol. The van der Waals surface area contributed by atoms with E-state index in [4.69, 9.17) is 0 Å². The van der Waals surface area contributed by atoms with Gasteiger partial charge in [-0.25, -0.2) is 0 Å². The van der Waals surface area contributed by atoms with E-state index in [1.54, 1.807) is 0 Å². The Morgan fingerprint density at radius 3 is 2.32 bits per heavy atom. The monoisotopic (exact) mass is 362 g/mol. The molecule has 1 heterocycles. The molecule has 0 aliphatic carbocycles. The first-order valence-corrected chi connectivity index (χ1v) is 10.5. The van der Waals surface area contributed by atoms with Crippen molar-refractivity contribution < 1.29 is 0 Å². The molecule has 3 aromatic carbocycles. The van der Waals surface area contributed by atoms with E-state index in [0.29, 0.717) is 10.5 Å². The van der Waals surface area contributed by atoms with Crippen LogP contribution in [0, 0.1) is 13.8 Å². The summed E-state index contributed by atoms with van der Waals surface area (Å²) in [5.41, 5.74) is 5.62. The van der Waals surface area contributed by atoms with E-state index >= 15 is 0 Å². The molecule has 0 amide bonds. The van der Waals surface area contributed by atoms with Gasteiger partial charge in [-0.1, -0.05) is 65.7 Å². The summed E-state index contributed by atoms with van der Waals surface area (Å²) in [5.74, 6) is 0. The van der Waals surface area contributed by atoms with Crippen LogP contribution in [0.5, 0.6) is 0 Å². The fourth-order valence-corrected chi connectivity index (χ4v) is 6.12. The van der Waals surface area contributed by atoms with E-state index in [1.807, 2.05) is 23.5 Å². The first-order valence-electron chi connectivity index (χ1n) is 8.74. The summed E-state index contributed by atoms with van der Waals surface area (Å²) in [6, 6.07) is 26.8. The summed E-state index contributed by atoms with van der Waals surface area (Å²) in [7, 11) is 0. The molecule has 2 atom stereocenters. The highest BCUT2D eigenvalue weighted by molar-refractivity contribution is 8.01. The van der Waals surface area contributed by atoms with E-state index in [1.165, 1.54) is 38.5 Å². The highest BCUT2D eigenvalue weighted by Crippen LogP contribution is 2.54. The van der Waals surface area contributed by atoms with Crippen LogP contribution in [0.15, 0.2) is 82.6 Å². The third kappa shape index (κ3) is 3.80. The lowest BCUT2D eigenvalue weighted by Gasteiger charge is -2.31. The zero-order valence-electron chi connectivity index (χ0n) is 14.6. The van der Waals surface area contributed by atoms with Crippen LogP contribution in [0.1, 0.15) is 39.2 Å². The van der Waals surface area contributed by atoms with Gasteiger partial charge >= 0.3 is 0 Å². The van der Waals surface area contributed by atoms with Gasteiger partial charge in [0.05, 0.1) is 0 Å². The van der Waals surface area contributed by atoms with Crippen molar-refractivity contribution in [1.29, 1.82) is 0 Å². The van der Waals surface area contributed by atoms with Gasteiger partial charge in [-0.3, -0.25) is 0 Å². The third-order valence-corrected chi connectivity index (χ3v) is 7.33. The van der Waals surface area contributed by atoms with E-state index in [9.17, 15) is 0 Å². The van der Waals surface area contributed by atoms with Crippen molar-refractivity contribution in [3.63, 3.8) is 0 Å². The minimum atomic E-state index is 0.504. The van der Waals surface area contributed by atoms with Crippen molar-refractivity contribution in [2.45, 2.75) is 40.6 Å². The molecule has 0 aromatic heterocycles. The van der Waals surface area contributed by atoms with Crippen molar-refractivity contribution in [1.82, 2.24) is 0 Å². The Balaban J connectivity index is 1.68. The molecule has 0 spiro atoms. The van der Waals surface area contributed by atoms with E-state index in [-0.39, 0.29) is 0 Å². The second-order valence-electron chi connectivity index (χ2n) is 6.71. The molecule has 0 radical (unpaired) electrons. The quantitative estimate of drug-likeness (QED) is 0.477. The predicted octanol–water partition coefficient (Wildman–Crippen LogP) is 7.37. The third-order valence-electron chi connectivity index (χ3n) is 4.68. The zero-order valence-corrected chi connectivity index (χ0v) is 16.2. The molecule has 0 bridgehead atoms. The smallest absolute Gasteiger partial charge is 0.0369 e. The van der Waals surface area contributed by atoms with Crippen molar-refractivity contribution in [2.75, 3.05) is 0 Å². The van der Waals surface area contributed by atoms with Crippen molar-refractivity contribution in [3.8, 4) is 0 Å². The Morgan fingerprint density at radius 2 is 1.56 bits per heavy atom. The number of rotatable bonds is 3. The SMILES string of the molecule is Cc1ccc(S[C@@H]2C[C@@H](c3ccccc3)Sc3ccc(C)cc32)cc1. The Labute approximate surface area is 159 Å². The summed E-state index contributed by atoms with van der Waals surface area (Å²) in [6.45, 7) is 4.34. The number of hydrogen-bond donors (Lipinski definition) is 0. The number of fused-ring (bicyclic) bond motifs is 1. The maximum absolute atomic E-state index is 2.38. The fourth-order valence-electron chi connectivity index (χ4n) is 3.31. The van der Waals surface area contributed by atoms with Crippen molar-refractivity contribution >= 4 is 23.5 Å². The second-order valence-corrected chi connectivity index (χ2v) is 9.23. The van der Waals surface area contributed by atoms with Crippen LogP contribution in [0.3, 0.4) is 0 Å². The zero-order chi connectivity index (χ0) is 17.2. The first-order chi connectivity index (χ1) is 12.2. The molecule has 0 N–H and O–H groups in total. The van der Waals surface area contributed by atoms with Gasteiger partial charge in [0.2, 0.25) is 0 Å².